The van der Waals surface area contributed by atoms with Gasteiger partial charge in [-0.2, -0.15) is 13.2 Å². The molecule has 0 radical (unpaired) electrons. The van der Waals surface area contributed by atoms with Gasteiger partial charge in [-0.15, -0.1) is 0 Å². The maximum Gasteiger partial charge on any atom is 0.416 e. The van der Waals surface area contributed by atoms with Crippen molar-refractivity contribution in [1.29, 1.82) is 0 Å². The molecule has 0 aliphatic rings. The predicted molar refractivity (Wildman–Crippen MR) is 86.3 cm³/mol. The molecule has 5 nitrogen and oxygen atoms in total. The maximum atomic E-state index is 12.7. The standard InChI is InChI=1S/C18H21F3O5/c1-10(2)25-16(23)14(9-15(22)17(24)26-11(3)4)12-5-7-13(8-6-12)18(19,20)21/h5-8,10-11,14H,9H2,1-4H3. The molecule has 1 unspecified atom stereocenters. The second-order valence-corrected chi connectivity index (χ2v) is 6.24. The largest absolute Gasteiger partial charge is 0.462 e. The SMILES string of the molecule is CC(C)OC(=O)C(=O)CC(C(=O)OC(C)C)c1ccc(C(F)(F)F)cc1. The number of ketones is 1. The lowest BCUT2D eigenvalue weighted by molar-refractivity contribution is -0.158. The summed E-state index contributed by atoms with van der Waals surface area (Å²) in [5, 5.41) is 0. The van der Waals surface area contributed by atoms with E-state index in [0.29, 0.717) is 0 Å². The van der Waals surface area contributed by atoms with Gasteiger partial charge in [0.25, 0.3) is 0 Å². The smallest absolute Gasteiger partial charge is 0.416 e. The van der Waals surface area contributed by atoms with Crippen LogP contribution >= 0.6 is 0 Å². The second-order valence-electron chi connectivity index (χ2n) is 6.24. The molecule has 0 amide bonds. The number of alkyl halides is 3. The number of hydrogen-bond donors (Lipinski definition) is 0. The van der Waals surface area contributed by atoms with E-state index in [2.05, 4.69) is 0 Å². The van der Waals surface area contributed by atoms with Crippen molar-refractivity contribution in [1.82, 2.24) is 0 Å². The number of rotatable bonds is 7. The summed E-state index contributed by atoms with van der Waals surface area (Å²) in [5.41, 5.74) is -0.739. The van der Waals surface area contributed by atoms with Gasteiger partial charge in [-0.3, -0.25) is 9.59 Å². The van der Waals surface area contributed by atoms with E-state index in [1.807, 2.05) is 0 Å². The minimum absolute atomic E-state index is 0.148. The Kier molecular flexibility index (Phi) is 7.35. The summed E-state index contributed by atoms with van der Waals surface area (Å²) >= 11 is 0. The van der Waals surface area contributed by atoms with Gasteiger partial charge < -0.3 is 9.47 Å². The van der Waals surface area contributed by atoms with Crippen LogP contribution in [0.5, 0.6) is 0 Å². The van der Waals surface area contributed by atoms with E-state index < -0.39 is 54.0 Å². The van der Waals surface area contributed by atoms with Crippen molar-refractivity contribution >= 4 is 17.7 Å². The summed E-state index contributed by atoms with van der Waals surface area (Å²) in [6.45, 7) is 6.31. The summed E-state index contributed by atoms with van der Waals surface area (Å²) in [6.07, 6.45) is -6.08. The Hall–Kier alpha value is -2.38. The van der Waals surface area contributed by atoms with E-state index in [1.165, 1.54) is 0 Å². The van der Waals surface area contributed by atoms with Crippen molar-refractivity contribution in [3.63, 3.8) is 0 Å². The Morgan fingerprint density at radius 3 is 1.85 bits per heavy atom. The Balaban J connectivity index is 3.07. The normalized spacial score (nSPS) is 12.8. The minimum Gasteiger partial charge on any atom is -0.462 e. The molecule has 0 saturated carbocycles. The van der Waals surface area contributed by atoms with Gasteiger partial charge >= 0.3 is 18.1 Å². The number of carbonyl (C=O) groups excluding carboxylic acids is 3. The highest BCUT2D eigenvalue weighted by Gasteiger charge is 2.33. The minimum atomic E-state index is -4.52. The topological polar surface area (TPSA) is 69.7 Å². The van der Waals surface area contributed by atoms with E-state index in [-0.39, 0.29) is 5.56 Å². The number of hydrogen-bond acceptors (Lipinski definition) is 5. The van der Waals surface area contributed by atoms with Gasteiger partial charge in [0.1, 0.15) is 0 Å². The van der Waals surface area contributed by atoms with Crippen molar-refractivity contribution in [3.8, 4) is 0 Å². The van der Waals surface area contributed by atoms with Gasteiger partial charge in [0.2, 0.25) is 5.78 Å². The molecule has 0 spiro atoms. The number of Topliss-reactive ketones (excluding diaryl/α,β-unsaturated/α-hetero) is 1. The van der Waals surface area contributed by atoms with Gasteiger partial charge in [0.15, 0.2) is 0 Å². The fourth-order valence-electron chi connectivity index (χ4n) is 2.10. The average Bonchev–Trinajstić information content (AvgIpc) is 2.50. The summed E-state index contributed by atoms with van der Waals surface area (Å²) in [6, 6.07) is 3.80. The molecule has 0 N–H and O–H groups in total. The molecule has 1 aromatic rings. The molecule has 0 saturated heterocycles. The molecule has 26 heavy (non-hydrogen) atoms. The van der Waals surface area contributed by atoms with Crippen LogP contribution in [-0.4, -0.2) is 29.9 Å². The first kappa shape index (κ1) is 21.7. The highest BCUT2D eigenvalue weighted by Crippen LogP contribution is 2.31. The molecule has 0 aliphatic heterocycles. The molecule has 0 heterocycles. The van der Waals surface area contributed by atoms with Crippen LogP contribution in [0, 0.1) is 0 Å². The lowest BCUT2D eigenvalue weighted by atomic mass is 9.93. The third-order valence-corrected chi connectivity index (χ3v) is 3.24. The third kappa shape index (κ3) is 6.50. The first-order chi connectivity index (χ1) is 11.9. The number of carbonyl (C=O) groups is 3. The van der Waals surface area contributed by atoms with Crippen LogP contribution in [0.2, 0.25) is 0 Å². The predicted octanol–water partition coefficient (Wildman–Crippen LogP) is 3.65. The molecule has 0 aromatic heterocycles. The number of esters is 2. The molecule has 1 aromatic carbocycles. The number of benzene rings is 1. The Morgan fingerprint density at radius 2 is 1.42 bits per heavy atom. The van der Waals surface area contributed by atoms with E-state index >= 15 is 0 Å². The van der Waals surface area contributed by atoms with Crippen molar-refractivity contribution in [3.05, 3.63) is 35.4 Å². The Morgan fingerprint density at radius 1 is 0.923 bits per heavy atom. The fourth-order valence-corrected chi connectivity index (χ4v) is 2.10. The molecule has 0 fully saturated rings. The van der Waals surface area contributed by atoms with Crippen LogP contribution < -0.4 is 0 Å². The van der Waals surface area contributed by atoms with Gasteiger partial charge in [0.05, 0.1) is 23.7 Å². The first-order valence-corrected chi connectivity index (χ1v) is 8.03. The number of ether oxygens (including phenoxy) is 2. The summed E-state index contributed by atoms with van der Waals surface area (Å²) in [5.74, 6) is -4.06. The lowest BCUT2D eigenvalue weighted by Crippen LogP contribution is -2.27. The number of halogens is 3. The zero-order valence-electron chi connectivity index (χ0n) is 14.9. The second kappa shape index (κ2) is 8.82. The molecular weight excluding hydrogens is 353 g/mol. The van der Waals surface area contributed by atoms with Crippen LogP contribution in [0.15, 0.2) is 24.3 Å². The van der Waals surface area contributed by atoms with Gasteiger partial charge in [-0.25, -0.2) is 4.79 Å². The van der Waals surface area contributed by atoms with Gasteiger partial charge in [0, 0.05) is 6.42 Å². The van der Waals surface area contributed by atoms with Gasteiger partial charge in [-0.1, -0.05) is 12.1 Å². The van der Waals surface area contributed by atoms with Crippen LogP contribution in [0.25, 0.3) is 0 Å². The van der Waals surface area contributed by atoms with Crippen LogP contribution in [0.1, 0.15) is 51.2 Å². The first-order valence-electron chi connectivity index (χ1n) is 8.03. The summed E-state index contributed by atoms with van der Waals surface area (Å²) in [4.78, 5) is 36.0. The molecule has 144 valence electrons. The van der Waals surface area contributed by atoms with Crippen LogP contribution in [0.4, 0.5) is 13.2 Å². The van der Waals surface area contributed by atoms with Crippen molar-refractivity contribution in [2.24, 2.45) is 0 Å². The maximum absolute atomic E-state index is 12.7. The fraction of sp³-hybridized carbons (Fsp3) is 0.500. The van der Waals surface area contributed by atoms with Gasteiger partial charge in [-0.05, 0) is 45.4 Å². The Bertz CT molecular complexity index is 648. The summed E-state index contributed by atoms with van der Waals surface area (Å²) < 4.78 is 47.9. The van der Waals surface area contributed by atoms with Crippen molar-refractivity contribution < 1.29 is 37.0 Å². The monoisotopic (exact) mass is 374 g/mol. The Labute approximate surface area is 149 Å². The molecule has 8 heteroatoms. The quantitative estimate of drug-likeness (QED) is 0.538. The highest BCUT2D eigenvalue weighted by molar-refractivity contribution is 6.34. The van der Waals surface area contributed by atoms with Crippen LogP contribution in [0.3, 0.4) is 0 Å². The van der Waals surface area contributed by atoms with E-state index in [9.17, 15) is 27.6 Å². The lowest BCUT2D eigenvalue weighted by Gasteiger charge is -2.18. The molecule has 1 atom stereocenters. The molecule has 0 aliphatic carbocycles. The molecular formula is C18H21F3O5. The van der Waals surface area contributed by atoms with E-state index in [4.69, 9.17) is 9.47 Å². The highest BCUT2D eigenvalue weighted by atomic mass is 19.4. The van der Waals surface area contributed by atoms with Crippen molar-refractivity contribution in [2.45, 2.75) is 58.4 Å². The zero-order chi connectivity index (χ0) is 20.1. The van der Waals surface area contributed by atoms with E-state index in [1.54, 1.807) is 27.7 Å². The summed E-state index contributed by atoms with van der Waals surface area (Å²) in [7, 11) is 0. The molecule has 1 rings (SSSR count). The zero-order valence-corrected chi connectivity index (χ0v) is 14.9. The van der Waals surface area contributed by atoms with Crippen LogP contribution in [-0.2, 0) is 30.0 Å². The molecule has 0 bridgehead atoms. The van der Waals surface area contributed by atoms with E-state index in [0.717, 1.165) is 24.3 Å². The average molecular weight is 374 g/mol. The van der Waals surface area contributed by atoms with Crippen molar-refractivity contribution in [2.75, 3.05) is 0 Å². The third-order valence-electron chi connectivity index (χ3n) is 3.24.